The van der Waals surface area contributed by atoms with E-state index in [0.717, 1.165) is 65.2 Å². The lowest BCUT2D eigenvalue weighted by molar-refractivity contribution is -0.367. The van der Waals surface area contributed by atoms with E-state index in [-0.39, 0.29) is 11.8 Å². The molecule has 0 bridgehead atoms. The number of piperidine rings is 1. The second kappa shape index (κ2) is 9.34. The third-order valence-electron chi connectivity index (χ3n) is 6.93. The van der Waals surface area contributed by atoms with E-state index in [1.54, 1.807) is 6.33 Å². The van der Waals surface area contributed by atoms with Crippen molar-refractivity contribution >= 4 is 39.2 Å². The molecule has 0 unspecified atom stereocenters. The van der Waals surface area contributed by atoms with Crippen LogP contribution in [-0.4, -0.2) is 29.0 Å². The standard InChI is InChI=1S/C29H27N5O2/c1-19-17-30-27-26(19)28(32-18-31-27)34-13-11-21(12-14-34)29(35)33-23-7-4-8-24(16-23)36-25-10-9-20-5-2-3-6-22(20)15-25/h2-10,15-18,21H,11-14H2,1H3,(H,33,35)(H,30,31,32)/p+1. The first-order valence-electron chi connectivity index (χ1n) is 12.3. The number of benzene rings is 3. The number of ether oxygens (including phenoxy) is 1. The highest BCUT2D eigenvalue weighted by Crippen LogP contribution is 2.30. The molecule has 0 radical (unpaired) electrons. The number of fused-ring (bicyclic) bond motifs is 2. The highest BCUT2D eigenvalue weighted by atomic mass is 16.5. The number of nitrogens with one attached hydrogen (secondary N) is 3. The minimum atomic E-state index is -0.0315. The van der Waals surface area contributed by atoms with Crippen LogP contribution in [0.15, 0.2) is 79.3 Å². The van der Waals surface area contributed by atoms with Crippen LogP contribution in [0.3, 0.4) is 0 Å². The number of nitrogens with zero attached hydrogens (tertiary/aromatic N) is 2. The number of carbonyl (C=O) groups excluding carboxylic acids is 1. The summed E-state index contributed by atoms with van der Waals surface area (Å²) in [5.41, 5.74) is 2.79. The van der Waals surface area contributed by atoms with Crippen molar-refractivity contribution in [3.05, 3.63) is 84.8 Å². The Morgan fingerprint density at radius 1 is 1.03 bits per heavy atom. The SMILES string of the molecule is Cc1c[nH]c2nc[nH+]c(N3CCC(C(=O)Nc4cccc(Oc5ccc6ccccc6c5)c4)CC3)c12. The Labute approximate surface area is 209 Å². The van der Waals surface area contributed by atoms with Gasteiger partial charge in [-0.3, -0.25) is 9.69 Å². The van der Waals surface area contributed by atoms with Crippen molar-refractivity contribution in [2.24, 2.45) is 5.92 Å². The Balaban J connectivity index is 1.10. The van der Waals surface area contributed by atoms with E-state index in [9.17, 15) is 4.79 Å². The van der Waals surface area contributed by atoms with E-state index < -0.39 is 0 Å². The van der Waals surface area contributed by atoms with Crippen molar-refractivity contribution in [3.63, 3.8) is 0 Å². The number of rotatable bonds is 5. The molecule has 3 N–H and O–H groups in total. The molecule has 1 fully saturated rings. The topological polar surface area (TPSA) is 84.4 Å². The Kier molecular flexibility index (Phi) is 5.73. The maximum Gasteiger partial charge on any atom is 0.234 e. The van der Waals surface area contributed by atoms with Gasteiger partial charge in [0, 0.05) is 23.9 Å². The summed E-state index contributed by atoms with van der Waals surface area (Å²) in [5, 5.41) is 6.51. The van der Waals surface area contributed by atoms with Crippen LogP contribution in [0.2, 0.25) is 0 Å². The number of aryl methyl sites for hydroxylation is 1. The first-order valence-corrected chi connectivity index (χ1v) is 12.3. The van der Waals surface area contributed by atoms with Gasteiger partial charge in [0.25, 0.3) is 0 Å². The van der Waals surface area contributed by atoms with Crippen molar-refractivity contribution < 1.29 is 14.5 Å². The molecule has 1 aliphatic heterocycles. The fourth-order valence-corrected chi connectivity index (χ4v) is 5.00. The number of hydrogen-bond acceptors (Lipinski definition) is 4. The molecule has 5 aromatic rings. The molecule has 0 saturated carbocycles. The second-order valence-electron chi connectivity index (χ2n) is 9.34. The van der Waals surface area contributed by atoms with E-state index >= 15 is 0 Å². The van der Waals surface area contributed by atoms with Crippen LogP contribution in [0.1, 0.15) is 18.4 Å². The van der Waals surface area contributed by atoms with Crippen molar-refractivity contribution in [2.75, 3.05) is 23.3 Å². The van der Waals surface area contributed by atoms with Crippen molar-refractivity contribution in [1.29, 1.82) is 0 Å². The van der Waals surface area contributed by atoms with Crippen LogP contribution in [0.5, 0.6) is 11.5 Å². The normalized spacial score (nSPS) is 14.3. The Hall–Kier alpha value is -4.39. The molecule has 2 aromatic heterocycles. The summed E-state index contributed by atoms with van der Waals surface area (Å²) in [6.45, 7) is 3.70. The fourth-order valence-electron chi connectivity index (χ4n) is 5.00. The van der Waals surface area contributed by atoms with Crippen LogP contribution in [0.4, 0.5) is 11.5 Å². The molecular weight excluding hydrogens is 450 g/mol. The number of aromatic amines is 2. The molecule has 3 heterocycles. The summed E-state index contributed by atoms with van der Waals surface area (Å²) in [7, 11) is 0. The third-order valence-corrected chi connectivity index (χ3v) is 6.93. The molecule has 1 saturated heterocycles. The monoisotopic (exact) mass is 478 g/mol. The molecule has 1 aliphatic rings. The number of amides is 1. The lowest BCUT2D eigenvalue weighted by Crippen LogP contribution is -2.40. The zero-order valence-electron chi connectivity index (χ0n) is 20.1. The molecule has 0 spiro atoms. The molecule has 36 heavy (non-hydrogen) atoms. The van der Waals surface area contributed by atoms with Crippen molar-refractivity contribution in [2.45, 2.75) is 19.8 Å². The average molecular weight is 479 g/mol. The van der Waals surface area contributed by atoms with Gasteiger partial charge in [0.05, 0.1) is 13.1 Å². The molecule has 0 atom stereocenters. The van der Waals surface area contributed by atoms with Gasteiger partial charge in [-0.25, -0.2) is 4.98 Å². The number of aromatic nitrogens is 3. The maximum absolute atomic E-state index is 13.1. The van der Waals surface area contributed by atoms with Gasteiger partial charge in [0.1, 0.15) is 16.9 Å². The van der Waals surface area contributed by atoms with Gasteiger partial charge < -0.3 is 15.0 Å². The first kappa shape index (κ1) is 22.1. The zero-order chi connectivity index (χ0) is 24.5. The van der Waals surface area contributed by atoms with E-state index in [4.69, 9.17) is 4.74 Å². The van der Waals surface area contributed by atoms with Crippen molar-refractivity contribution in [1.82, 2.24) is 9.97 Å². The number of anilines is 2. The van der Waals surface area contributed by atoms with E-state index in [2.05, 4.69) is 50.3 Å². The molecule has 180 valence electrons. The highest BCUT2D eigenvalue weighted by molar-refractivity contribution is 5.93. The van der Waals surface area contributed by atoms with Crippen LogP contribution in [-0.2, 0) is 4.79 Å². The third kappa shape index (κ3) is 4.35. The summed E-state index contributed by atoms with van der Waals surface area (Å²) in [5.74, 6) is 2.55. The van der Waals surface area contributed by atoms with Crippen LogP contribution in [0.25, 0.3) is 21.8 Å². The van der Waals surface area contributed by atoms with Gasteiger partial charge in [-0.15, -0.1) is 0 Å². The van der Waals surface area contributed by atoms with Crippen molar-refractivity contribution in [3.8, 4) is 11.5 Å². The Bertz CT molecular complexity index is 1550. The maximum atomic E-state index is 13.1. The summed E-state index contributed by atoms with van der Waals surface area (Å²) < 4.78 is 6.09. The molecular formula is C29H28N5O2+. The molecule has 0 aliphatic carbocycles. The summed E-state index contributed by atoms with van der Waals surface area (Å²) in [6.07, 6.45) is 5.28. The number of H-pyrrole nitrogens is 2. The average Bonchev–Trinajstić information content (AvgIpc) is 3.30. The molecule has 7 nitrogen and oxygen atoms in total. The molecule has 7 heteroatoms. The molecule has 3 aromatic carbocycles. The largest absolute Gasteiger partial charge is 0.457 e. The van der Waals surface area contributed by atoms with Gasteiger partial charge in [0.15, 0.2) is 0 Å². The minimum absolute atomic E-state index is 0.0315. The number of carbonyl (C=O) groups is 1. The van der Waals surface area contributed by atoms with Gasteiger partial charge in [-0.1, -0.05) is 41.4 Å². The second-order valence-corrected chi connectivity index (χ2v) is 9.34. The first-order chi connectivity index (χ1) is 17.6. The summed E-state index contributed by atoms with van der Waals surface area (Å²) in [4.78, 5) is 26.3. The lowest BCUT2D eigenvalue weighted by atomic mass is 9.95. The van der Waals surface area contributed by atoms with Crippen LogP contribution < -0.4 is 19.9 Å². The summed E-state index contributed by atoms with van der Waals surface area (Å²) >= 11 is 0. The highest BCUT2D eigenvalue weighted by Gasteiger charge is 2.30. The van der Waals surface area contributed by atoms with Crippen LogP contribution >= 0.6 is 0 Å². The Morgan fingerprint density at radius 3 is 2.69 bits per heavy atom. The van der Waals surface area contributed by atoms with Gasteiger partial charge in [0.2, 0.25) is 23.7 Å². The predicted octanol–water partition coefficient (Wildman–Crippen LogP) is 5.49. The van der Waals surface area contributed by atoms with E-state index in [1.807, 2.05) is 54.7 Å². The van der Waals surface area contributed by atoms with Gasteiger partial charge in [-0.05, 0) is 60.4 Å². The number of hydrogen-bond donors (Lipinski definition) is 2. The quantitative estimate of drug-likeness (QED) is 0.350. The van der Waals surface area contributed by atoms with Gasteiger partial charge in [-0.2, -0.15) is 0 Å². The Morgan fingerprint density at radius 2 is 1.83 bits per heavy atom. The van der Waals surface area contributed by atoms with Gasteiger partial charge >= 0.3 is 0 Å². The smallest absolute Gasteiger partial charge is 0.234 e. The van der Waals surface area contributed by atoms with E-state index in [0.29, 0.717) is 5.75 Å². The zero-order valence-corrected chi connectivity index (χ0v) is 20.1. The fraction of sp³-hybridized carbons (Fsp3) is 0.207. The minimum Gasteiger partial charge on any atom is -0.457 e. The van der Waals surface area contributed by atoms with E-state index in [1.165, 1.54) is 5.39 Å². The predicted molar refractivity (Wildman–Crippen MR) is 141 cm³/mol. The summed E-state index contributed by atoms with van der Waals surface area (Å²) in [6, 6.07) is 21.8. The van der Waals surface area contributed by atoms with Crippen LogP contribution in [0, 0.1) is 12.8 Å². The molecule has 6 rings (SSSR count). The molecule has 1 amide bonds. The lowest BCUT2D eigenvalue weighted by Gasteiger charge is -2.28.